The zero-order valence-electron chi connectivity index (χ0n) is 19.5. The lowest BCUT2D eigenvalue weighted by molar-refractivity contribution is -0.123. The molecule has 1 aliphatic carbocycles. The van der Waals surface area contributed by atoms with Gasteiger partial charge in [-0.3, -0.25) is 0 Å². The number of fused-ring (bicyclic) bond motifs is 1. The molecule has 28 heavy (non-hydrogen) atoms. The van der Waals surface area contributed by atoms with Crippen LogP contribution in [-0.2, 0) is 4.74 Å². The SMILES string of the molecule is C[CH-]CC/C=C(\C)CCC/C(C)=C/CCC1(C)CCC2=CCC(C)C(C)C2O1. The molecule has 4 atom stereocenters. The molecule has 1 heteroatoms. The molecule has 0 spiro atoms. The Kier molecular flexibility index (Phi) is 9.54. The molecule has 0 aromatic carbocycles. The van der Waals surface area contributed by atoms with Crippen molar-refractivity contribution >= 4 is 0 Å². The molecule has 0 saturated carbocycles. The molecule has 4 unspecified atom stereocenters. The lowest BCUT2D eigenvalue weighted by atomic mass is 9.74. The molecule has 160 valence electrons. The second-order valence-electron chi connectivity index (χ2n) is 9.82. The number of unbranched alkanes of at least 4 members (excludes halogenated alkanes) is 2. The van der Waals surface area contributed by atoms with Crippen molar-refractivity contribution in [1.29, 1.82) is 0 Å². The minimum atomic E-state index is 0.0553. The Labute approximate surface area is 175 Å². The van der Waals surface area contributed by atoms with E-state index in [9.17, 15) is 0 Å². The van der Waals surface area contributed by atoms with E-state index in [-0.39, 0.29) is 5.60 Å². The van der Waals surface area contributed by atoms with Crippen molar-refractivity contribution in [3.8, 4) is 0 Å². The van der Waals surface area contributed by atoms with Gasteiger partial charge in [0.25, 0.3) is 0 Å². The van der Waals surface area contributed by atoms with Crippen LogP contribution in [0.2, 0.25) is 0 Å². The van der Waals surface area contributed by atoms with E-state index in [1.54, 1.807) is 16.7 Å². The third-order valence-electron chi connectivity index (χ3n) is 7.10. The number of allylic oxidation sites excluding steroid dienone is 5. The smallest absolute Gasteiger partial charge is 0.0820 e. The van der Waals surface area contributed by atoms with Crippen LogP contribution in [0.4, 0.5) is 0 Å². The normalized spacial score (nSPS) is 31.5. The first-order chi connectivity index (χ1) is 13.3. The van der Waals surface area contributed by atoms with Crippen LogP contribution in [0.5, 0.6) is 0 Å². The van der Waals surface area contributed by atoms with Crippen molar-refractivity contribution in [3.05, 3.63) is 41.4 Å². The molecule has 1 aliphatic heterocycles. The Morgan fingerprint density at radius 1 is 1.18 bits per heavy atom. The summed E-state index contributed by atoms with van der Waals surface area (Å²) in [6.07, 6.45) is 22.1. The summed E-state index contributed by atoms with van der Waals surface area (Å²) in [5.41, 5.74) is 4.74. The first-order valence-corrected chi connectivity index (χ1v) is 11.8. The first kappa shape index (κ1) is 23.5. The van der Waals surface area contributed by atoms with Crippen LogP contribution in [-0.4, -0.2) is 11.7 Å². The summed E-state index contributed by atoms with van der Waals surface area (Å²) in [6, 6.07) is 0. The molecular formula is C27H45O-. The third kappa shape index (κ3) is 7.21. The molecule has 2 rings (SSSR count). The summed E-state index contributed by atoms with van der Waals surface area (Å²) >= 11 is 0. The fraction of sp³-hybridized carbons (Fsp3) is 0.741. The summed E-state index contributed by atoms with van der Waals surface area (Å²) in [7, 11) is 0. The van der Waals surface area contributed by atoms with E-state index in [1.807, 2.05) is 0 Å². The second kappa shape index (κ2) is 11.4. The Bertz CT molecular complexity index is 567. The van der Waals surface area contributed by atoms with Crippen LogP contribution < -0.4 is 0 Å². The maximum atomic E-state index is 6.69. The monoisotopic (exact) mass is 385 g/mol. The van der Waals surface area contributed by atoms with Crippen molar-refractivity contribution in [1.82, 2.24) is 0 Å². The molecule has 0 aromatic heterocycles. The molecular weight excluding hydrogens is 340 g/mol. The topological polar surface area (TPSA) is 9.23 Å². The highest BCUT2D eigenvalue weighted by Crippen LogP contribution is 2.43. The van der Waals surface area contributed by atoms with Gasteiger partial charge in [0.1, 0.15) is 0 Å². The van der Waals surface area contributed by atoms with Gasteiger partial charge < -0.3 is 11.2 Å². The number of ether oxygens (including phenoxy) is 1. The Hall–Kier alpha value is -0.820. The van der Waals surface area contributed by atoms with Crippen molar-refractivity contribution in [3.63, 3.8) is 0 Å². The largest absolute Gasteiger partial charge is 0.367 e. The average Bonchev–Trinajstić information content (AvgIpc) is 2.65. The average molecular weight is 386 g/mol. The standard InChI is InChI=1S/C27H45O/c1-7-8-9-12-21(2)13-10-14-22(3)15-11-19-27(6)20-18-25-17-16-23(4)24(5)26(25)28-27/h7,12,15,17,23-24,26H,8-11,13-14,16,18-20H2,1-6H3/q-1/b21-12+,22-15+. The van der Waals surface area contributed by atoms with E-state index in [4.69, 9.17) is 4.74 Å². The van der Waals surface area contributed by atoms with Crippen molar-refractivity contribution in [2.75, 3.05) is 0 Å². The highest BCUT2D eigenvalue weighted by atomic mass is 16.5. The molecule has 0 bridgehead atoms. The van der Waals surface area contributed by atoms with Crippen LogP contribution >= 0.6 is 0 Å². The van der Waals surface area contributed by atoms with Gasteiger partial charge in [-0.25, -0.2) is 0 Å². The molecule has 1 saturated heterocycles. The maximum absolute atomic E-state index is 6.69. The lowest BCUT2D eigenvalue weighted by Gasteiger charge is -2.46. The van der Waals surface area contributed by atoms with Crippen molar-refractivity contribution in [2.24, 2.45) is 11.8 Å². The van der Waals surface area contributed by atoms with E-state index < -0.39 is 0 Å². The van der Waals surface area contributed by atoms with Gasteiger partial charge in [0.05, 0.1) is 11.7 Å². The zero-order chi connectivity index (χ0) is 20.6. The van der Waals surface area contributed by atoms with Gasteiger partial charge in [-0.2, -0.15) is 13.3 Å². The highest BCUT2D eigenvalue weighted by Gasteiger charge is 2.40. The van der Waals surface area contributed by atoms with Crippen molar-refractivity contribution < 1.29 is 4.74 Å². The van der Waals surface area contributed by atoms with E-state index in [2.05, 4.69) is 66.2 Å². The highest BCUT2D eigenvalue weighted by molar-refractivity contribution is 5.18. The van der Waals surface area contributed by atoms with Gasteiger partial charge >= 0.3 is 0 Å². The number of hydrogen-bond donors (Lipinski definition) is 0. The van der Waals surface area contributed by atoms with E-state index in [1.165, 1.54) is 51.4 Å². The lowest BCUT2D eigenvalue weighted by Crippen LogP contribution is -2.44. The summed E-state index contributed by atoms with van der Waals surface area (Å²) in [5, 5.41) is 0. The van der Waals surface area contributed by atoms with Gasteiger partial charge in [-0.15, -0.1) is 0 Å². The minimum Gasteiger partial charge on any atom is -0.367 e. The molecule has 0 amide bonds. The number of hydrogen-bond acceptors (Lipinski definition) is 1. The third-order valence-corrected chi connectivity index (χ3v) is 7.10. The predicted octanol–water partition coefficient (Wildman–Crippen LogP) is 8.37. The van der Waals surface area contributed by atoms with Crippen LogP contribution in [0.1, 0.15) is 106 Å². The second-order valence-corrected chi connectivity index (χ2v) is 9.82. The first-order valence-electron chi connectivity index (χ1n) is 11.8. The van der Waals surface area contributed by atoms with Gasteiger partial charge in [0.2, 0.25) is 0 Å². The van der Waals surface area contributed by atoms with E-state index >= 15 is 0 Å². The quantitative estimate of drug-likeness (QED) is 0.208. The summed E-state index contributed by atoms with van der Waals surface area (Å²) in [4.78, 5) is 0. The molecule has 0 aromatic rings. The van der Waals surface area contributed by atoms with Gasteiger partial charge in [0, 0.05) is 0 Å². The van der Waals surface area contributed by atoms with Crippen molar-refractivity contribution in [2.45, 2.75) is 117 Å². The Balaban J connectivity index is 1.73. The molecule has 0 radical (unpaired) electrons. The minimum absolute atomic E-state index is 0.0553. The summed E-state index contributed by atoms with van der Waals surface area (Å²) in [6.45, 7) is 13.8. The zero-order valence-corrected chi connectivity index (χ0v) is 19.5. The van der Waals surface area contributed by atoms with Gasteiger partial charge in [0.15, 0.2) is 0 Å². The number of rotatable bonds is 10. The molecule has 1 fully saturated rings. The van der Waals surface area contributed by atoms with E-state index in [0.29, 0.717) is 12.0 Å². The fourth-order valence-corrected chi connectivity index (χ4v) is 4.66. The van der Waals surface area contributed by atoms with E-state index in [0.717, 1.165) is 18.8 Å². The van der Waals surface area contributed by atoms with Gasteiger partial charge in [-0.05, 0) is 89.5 Å². The maximum Gasteiger partial charge on any atom is 0.0820 e. The fourth-order valence-electron chi connectivity index (χ4n) is 4.66. The molecule has 1 heterocycles. The Morgan fingerprint density at radius 2 is 1.86 bits per heavy atom. The van der Waals surface area contributed by atoms with Crippen LogP contribution in [0, 0.1) is 18.3 Å². The van der Waals surface area contributed by atoms with Crippen LogP contribution in [0.25, 0.3) is 0 Å². The molecule has 0 N–H and O–H groups in total. The molecule has 2 aliphatic rings. The Morgan fingerprint density at radius 3 is 2.54 bits per heavy atom. The summed E-state index contributed by atoms with van der Waals surface area (Å²) < 4.78 is 6.69. The molecule has 1 nitrogen and oxygen atoms in total. The predicted molar refractivity (Wildman–Crippen MR) is 123 cm³/mol. The van der Waals surface area contributed by atoms with Crippen LogP contribution in [0.15, 0.2) is 34.9 Å². The van der Waals surface area contributed by atoms with Crippen LogP contribution in [0.3, 0.4) is 0 Å². The van der Waals surface area contributed by atoms with Gasteiger partial charge in [-0.1, -0.05) is 49.6 Å². The summed E-state index contributed by atoms with van der Waals surface area (Å²) in [5.74, 6) is 1.40.